The first kappa shape index (κ1) is 15.2. The van der Waals surface area contributed by atoms with Gasteiger partial charge in [0.15, 0.2) is 12.2 Å². The van der Waals surface area contributed by atoms with E-state index in [2.05, 4.69) is 19.9 Å². The minimum absolute atomic E-state index is 0.226. The van der Waals surface area contributed by atoms with Crippen LogP contribution in [0.2, 0.25) is 0 Å². The number of hydrogen-bond donors (Lipinski definition) is 2. The van der Waals surface area contributed by atoms with Gasteiger partial charge in [-0.15, -0.1) is 0 Å². The lowest BCUT2D eigenvalue weighted by Gasteiger charge is -2.11. The molecule has 6 nitrogen and oxygen atoms in total. The van der Waals surface area contributed by atoms with Gasteiger partial charge < -0.3 is 15.1 Å². The number of aromatic nitrogens is 4. The molecule has 0 amide bonds. The second-order valence-corrected chi connectivity index (χ2v) is 5.32. The standard InChI is InChI=1S/C16H10F3N5O/c17-16(18,19)11-5-23-15(20)24-14(11)10-4-22-12-3-8(1-2-9(10)12)13-6-21-7-25-13/h1-7,22H,(H2,20,23,24). The van der Waals surface area contributed by atoms with E-state index in [-0.39, 0.29) is 11.6 Å². The number of nitrogens with two attached hydrogens (primary N) is 1. The predicted molar refractivity (Wildman–Crippen MR) is 84.2 cm³/mol. The summed E-state index contributed by atoms with van der Waals surface area (Å²) in [7, 11) is 0. The third-order valence-corrected chi connectivity index (χ3v) is 3.77. The number of aromatic amines is 1. The number of anilines is 1. The number of benzene rings is 1. The molecule has 3 N–H and O–H groups in total. The molecular weight excluding hydrogens is 335 g/mol. The maximum Gasteiger partial charge on any atom is 0.419 e. The van der Waals surface area contributed by atoms with Gasteiger partial charge in [0.05, 0.1) is 11.9 Å². The average molecular weight is 345 g/mol. The van der Waals surface area contributed by atoms with E-state index in [4.69, 9.17) is 10.2 Å². The van der Waals surface area contributed by atoms with Crippen molar-refractivity contribution in [2.24, 2.45) is 0 Å². The Bertz CT molecular complexity index is 1050. The molecule has 1 aromatic carbocycles. The van der Waals surface area contributed by atoms with Crippen molar-refractivity contribution < 1.29 is 17.6 Å². The quantitative estimate of drug-likeness (QED) is 0.575. The van der Waals surface area contributed by atoms with Crippen LogP contribution in [0.4, 0.5) is 19.1 Å². The molecule has 0 unspecified atom stereocenters. The fraction of sp³-hybridized carbons (Fsp3) is 0.0625. The third-order valence-electron chi connectivity index (χ3n) is 3.77. The van der Waals surface area contributed by atoms with E-state index < -0.39 is 11.7 Å². The first-order valence-electron chi connectivity index (χ1n) is 7.13. The van der Waals surface area contributed by atoms with Crippen molar-refractivity contribution in [2.75, 3.05) is 5.73 Å². The number of nitrogens with one attached hydrogen (secondary N) is 1. The Labute approximate surface area is 138 Å². The second-order valence-electron chi connectivity index (χ2n) is 5.32. The highest BCUT2D eigenvalue weighted by molar-refractivity contribution is 5.97. The molecule has 0 bridgehead atoms. The lowest BCUT2D eigenvalue weighted by Crippen LogP contribution is -2.10. The summed E-state index contributed by atoms with van der Waals surface area (Å²) in [5, 5.41) is 0.576. The van der Waals surface area contributed by atoms with Crippen molar-refractivity contribution in [3.63, 3.8) is 0 Å². The van der Waals surface area contributed by atoms with Crippen molar-refractivity contribution >= 4 is 16.9 Å². The van der Waals surface area contributed by atoms with Gasteiger partial charge in [0.1, 0.15) is 5.56 Å². The summed E-state index contributed by atoms with van der Waals surface area (Å²) in [5.74, 6) is 0.330. The van der Waals surface area contributed by atoms with E-state index in [1.54, 1.807) is 24.4 Å². The highest BCUT2D eigenvalue weighted by Gasteiger charge is 2.36. The molecule has 0 saturated carbocycles. The zero-order valence-electron chi connectivity index (χ0n) is 12.5. The lowest BCUT2D eigenvalue weighted by molar-refractivity contribution is -0.137. The Kier molecular flexibility index (Phi) is 3.24. The first-order chi connectivity index (χ1) is 11.9. The molecule has 0 saturated heterocycles. The summed E-state index contributed by atoms with van der Waals surface area (Å²) in [5.41, 5.74) is 5.95. The summed E-state index contributed by atoms with van der Waals surface area (Å²) in [6.07, 6.45) is 0.425. The molecule has 3 aromatic heterocycles. The topological polar surface area (TPSA) is 93.6 Å². The molecular formula is C16H10F3N5O. The Morgan fingerprint density at radius 2 is 2.00 bits per heavy atom. The van der Waals surface area contributed by atoms with Crippen molar-refractivity contribution in [3.8, 4) is 22.6 Å². The van der Waals surface area contributed by atoms with Crippen LogP contribution in [0, 0.1) is 0 Å². The Morgan fingerprint density at radius 3 is 2.72 bits per heavy atom. The van der Waals surface area contributed by atoms with Gasteiger partial charge in [-0.25, -0.2) is 15.0 Å². The molecule has 0 spiro atoms. The van der Waals surface area contributed by atoms with E-state index in [1.807, 2.05) is 0 Å². The number of nitrogen functional groups attached to an aromatic ring is 1. The second kappa shape index (κ2) is 5.33. The van der Waals surface area contributed by atoms with Gasteiger partial charge in [-0.2, -0.15) is 13.2 Å². The Hall–Kier alpha value is -3.36. The van der Waals surface area contributed by atoms with Crippen molar-refractivity contribution in [3.05, 3.63) is 48.7 Å². The maximum atomic E-state index is 13.3. The molecule has 126 valence electrons. The molecule has 25 heavy (non-hydrogen) atoms. The number of fused-ring (bicyclic) bond motifs is 1. The van der Waals surface area contributed by atoms with Crippen LogP contribution in [0.25, 0.3) is 33.5 Å². The number of rotatable bonds is 2. The minimum Gasteiger partial charge on any atom is -0.444 e. The Balaban J connectivity index is 1.90. The van der Waals surface area contributed by atoms with Gasteiger partial charge in [-0.1, -0.05) is 12.1 Å². The highest BCUT2D eigenvalue weighted by Crippen LogP contribution is 2.39. The van der Waals surface area contributed by atoms with E-state index in [9.17, 15) is 13.2 Å². The molecule has 0 aliphatic rings. The maximum absolute atomic E-state index is 13.3. The smallest absolute Gasteiger partial charge is 0.419 e. The zero-order valence-corrected chi connectivity index (χ0v) is 12.5. The predicted octanol–water partition coefficient (Wildman–Crippen LogP) is 3.88. The number of H-pyrrole nitrogens is 1. The Morgan fingerprint density at radius 1 is 1.16 bits per heavy atom. The zero-order chi connectivity index (χ0) is 17.6. The van der Waals surface area contributed by atoms with E-state index in [0.29, 0.717) is 28.4 Å². The summed E-state index contributed by atoms with van der Waals surface area (Å²) >= 11 is 0. The summed E-state index contributed by atoms with van der Waals surface area (Å²) in [6, 6.07) is 5.19. The third kappa shape index (κ3) is 2.59. The van der Waals surface area contributed by atoms with Gasteiger partial charge in [-0.3, -0.25) is 0 Å². The largest absolute Gasteiger partial charge is 0.444 e. The van der Waals surface area contributed by atoms with Crippen LogP contribution in [0.5, 0.6) is 0 Å². The number of hydrogen-bond acceptors (Lipinski definition) is 5. The summed E-state index contributed by atoms with van der Waals surface area (Å²) in [4.78, 5) is 14.1. The van der Waals surface area contributed by atoms with Crippen molar-refractivity contribution in [2.45, 2.75) is 6.18 Å². The molecule has 0 aliphatic heterocycles. The van der Waals surface area contributed by atoms with Gasteiger partial charge in [0.25, 0.3) is 0 Å². The average Bonchev–Trinajstić information content (AvgIpc) is 3.22. The van der Waals surface area contributed by atoms with E-state index in [0.717, 1.165) is 5.56 Å². The molecule has 0 fully saturated rings. The fourth-order valence-electron chi connectivity index (χ4n) is 2.64. The van der Waals surface area contributed by atoms with Crippen LogP contribution in [0.3, 0.4) is 0 Å². The van der Waals surface area contributed by atoms with Gasteiger partial charge >= 0.3 is 6.18 Å². The molecule has 0 atom stereocenters. The number of alkyl halides is 3. The number of halogens is 3. The van der Waals surface area contributed by atoms with Crippen molar-refractivity contribution in [1.82, 2.24) is 19.9 Å². The summed E-state index contributed by atoms with van der Waals surface area (Å²) in [6.45, 7) is 0. The van der Waals surface area contributed by atoms with Gasteiger partial charge in [0, 0.05) is 34.4 Å². The van der Waals surface area contributed by atoms with Crippen LogP contribution >= 0.6 is 0 Å². The summed E-state index contributed by atoms with van der Waals surface area (Å²) < 4.78 is 45.0. The number of nitrogens with zero attached hydrogens (tertiary/aromatic N) is 3. The van der Waals surface area contributed by atoms with Crippen LogP contribution in [0.1, 0.15) is 5.56 Å². The first-order valence-corrected chi connectivity index (χ1v) is 7.13. The van der Waals surface area contributed by atoms with Crippen LogP contribution in [0.15, 0.2) is 47.6 Å². The SMILES string of the molecule is Nc1ncc(C(F)(F)F)c(-c2c[nH]c3cc(-c4cnco4)ccc23)n1. The monoisotopic (exact) mass is 345 g/mol. The van der Waals surface area contributed by atoms with E-state index in [1.165, 1.54) is 12.6 Å². The minimum atomic E-state index is -4.59. The van der Waals surface area contributed by atoms with Gasteiger partial charge in [0.2, 0.25) is 5.95 Å². The molecule has 3 heterocycles. The normalized spacial score (nSPS) is 12.0. The molecule has 9 heteroatoms. The molecule has 0 radical (unpaired) electrons. The lowest BCUT2D eigenvalue weighted by atomic mass is 10.0. The van der Waals surface area contributed by atoms with Crippen LogP contribution in [-0.2, 0) is 6.18 Å². The molecule has 0 aliphatic carbocycles. The van der Waals surface area contributed by atoms with Crippen LogP contribution in [-0.4, -0.2) is 19.9 Å². The highest BCUT2D eigenvalue weighted by atomic mass is 19.4. The van der Waals surface area contributed by atoms with E-state index >= 15 is 0 Å². The van der Waals surface area contributed by atoms with Crippen LogP contribution < -0.4 is 5.73 Å². The fourth-order valence-corrected chi connectivity index (χ4v) is 2.64. The number of oxazole rings is 1. The molecule has 4 rings (SSSR count). The van der Waals surface area contributed by atoms with Gasteiger partial charge in [-0.05, 0) is 6.07 Å². The van der Waals surface area contributed by atoms with Crippen molar-refractivity contribution in [1.29, 1.82) is 0 Å². The molecule has 4 aromatic rings.